The first kappa shape index (κ1) is 23.7. The van der Waals surface area contributed by atoms with E-state index in [0.29, 0.717) is 5.02 Å². The quantitative estimate of drug-likeness (QED) is 0.394. The minimum Gasteiger partial charge on any atom is -0.272 e. The highest BCUT2D eigenvalue weighted by Gasteiger charge is 2.27. The maximum Gasteiger partial charge on any atom is 0.255 e. The van der Waals surface area contributed by atoms with Crippen molar-refractivity contribution in [2.75, 3.05) is 6.54 Å². The van der Waals surface area contributed by atoms with Crippen molar-refractivity contribution in [3.63, 3.8) is 0 Å². The van der Waals surface area contributed by atoms with Crippen molar-refractivity contribution in [1.82, 2.24) is 9.73 Å². The van der Waals surface area contributed by atoms with Crippen LogP contribution in [-0.4, -0.2) is 31.4 Å². The van der Waals surface area contributed by atoms with E-state index in [4.69, 9.17) is 11.6 Å². The number of hydrogen-bond acceptors (Lipinski definition) is 4. The van der Waals surface area contributed by atoms with E-state index in [0.717, 1.165) is 26.6 Å². The fraction of sp³-hybridized carbons (Fsp3) is 0.167. The van der Waals surface area contributed by atoms with Gasteiger partial charge in [-0.25, -0.2) is 13.8 Å². The van der Waals surface area contributed by atoms with Gasteiger partial charge in [0.2, 0.25) is 10.0 Å². The van der Waals surface area contributed by atoms with Crippen LogP contribution in [0.15, 0.2) is 82.8 Å². The number of benzene rings is 3. The summed E-state index contributed by atoms with van der Waals surface area (Å²) in [7, 11) is -3.94. The summed E-state index contributed by atoms with van der Waals surface area (Å²) in [6.07, 6.45) is 1.51. The van der Waals surface area contributed by atoms with Crippen molar-refractivity contribution < 1.29 is 13.2 Å². The molecule has 0 aliphatic heterocycles. The second-order valence-corrected chi connectivity index (χ2v) is 9.79. The molecular formula is C24H24ClN3O3S. The van der Waals surface area contributed by atoms with Crippen molar-refractivity contribution in [3.8, 4) is 0 Å². The van der Waals surface area contributed by atoms with E-state index in [-0.39, 0.29) is 18.0 Å². The lowest BCUT2D eigenvalue weighted by atomic mass is 10.1. The molecule has 0 unspecified atom stereocenters. The van der Waals surface area contributed by atoms with Crippen LogP contribution in [0.4, 0.5) is 0 Å². The number of rotatable bonds is 8. The van der Waals surface area contributed by atoms with Crippen molar-refractivity contribution >= 4 is 33.7 Å². The second-order valence-electron chi connectivity index (χ2n) is 7.42. The van der Waals surface area contributed by atoms with E-state index in [1.807, 2.05) is 62.4 Å². The summed E-state index contributed by atoms with van der Waals surface area (Å²) in [5, 5.41) is 4.38. The Hall–Kier alpha value is -3.00. The normalized spacial score (nSPS) is 11.8. The van der Waals surface area contributed by atoms with E-state index >= 15 is 0 Å². The standard InChI is InChI=1S/C24H24ClN3O3S/c1-18-6-8-20(9-7-18)15-26-27-24(29)17-28(16-21-5-3-4-19(2)14-21)32(30,31)23-12-10-22(25)11-13-23/h3-15H,16-17H2,1-2H3,(H,27,29)/b26-15-. The van der Waals surface area contributed by atoms with E-state index in [1.54, 1.807) is 0 Å². The molecule has 0 spiro atoms. The number of aryl methyl sites for hydroxylation is 2. The highest BCUT2D eigenvalue weighted by Crippen LogP contribution is 2.21. The molecule has 0 heterocycles. The smallest absolute Gasteiger partial charge is 0.255 e. The summed E-state index contributed by atoms with van der Waals surface area (Å²) in [4.78, 5) is 12.6. The largest absolute Gasteiger partial charge is 0.272 e. The molecule has 6 nitrogen and oxygen atoms in total. The highest BCUT2D eigenvalue weighted by atomic mass is 35.5. The van der Waals surface area contributed by atoms with Crippen LogP contribution < -0.4 is 5.43 Å². The Morgan fingerprint density at radius 1 is 1.00 bits per heavy atom. The Bertz CT molecular complexity index is 1210. The Morgan fingerprint density at radius 2 is 1.69 bits per heavy atom. The Kier molecular flexibility index (Phi) is 7.80. The zero-order valence-corrected chi connectivity index (χ0v) is 19.4. The minimum atomic E-state index is -3.94. The molecule has 3 aromatic carbocycles. The molecule has 0 aromatic heterocycles. The van der Waals surface area contributed by atoms with Crippen LogP contribution >= 0.6 is 11.6 Å². The molecule has 8 heteroatoms. The SMILES string of the molecule is Cc1ccc(/C=N\NC(=O)CN(Cc2cccc(C)c2)S(=O)(=O)c2ccc(Cl)cc2)cc1. The first-order valence-corrected chi connectivity index (χ1v) is 11.8. The van der Waals surface area contributed by atoms with Gasteiger partial charge in [0, 0.05) is 11.6 Å². The first-order valence-electron chi connectivity index (χ1n) is 9.94. The van der Waals surface area contributed by atoms with Crippen LogP contribution in [0.1, 0.15) is 22.3 Å². The molecule has 0 radical (unpaired) electrons. The molecule has 166 valence electrons. The number of amides is 1. The Morgan fingerprint density at radius 3 is 2.34 bits per heavy atom. The van der Waals surface area contributed by atoms with Crippen molar-refractivity contribution in [3.05, 3.63) is 100 Å². The number of nitrogens with one attached hydrogen (secondary N) is 1. The summed E-state index contributed by atoms with van der Waals surface area (Å²) in [5.41, 5.74) is 6.12. The summed E-state index contributed by atoms with van der Waals surface area (Å²) >= 11 is 5.90. The van der Waals surface area contributed by atoms with Gasteiger partial charge < -0.3 is 0 Å². The molecule has 0 bridgehead atoms. The summed E-state index contributed by atoms with van der Waals surface area (Å²) in [5.74, 6) is -0.543. The van der Waals surface area contributed by atoms with Gasteiger partial charge in [-0.15, -0.1) is 0 Å². The highest BCUT2D eigenvalue weighted by molar-refractivity contribution is 7.89. The lowest BCUT2D eigenvalue weighted by Gasteiger charge is -2.21. The van der Waals surface area contributed by atoms with Gasteiger partial charge in [0.1, 0.15) is 0 Å². The van der Waals surface area contributed by atoms with Crippen LogP contribution in [0.5, 0.6) is 0 Å². The minimum absolute atomic E-state index is 0.0434. The molecule has 3 rings (SSSR count). The van der Waals surface area contributed by atoms with Crippen LogP contribution in [0, 0.1) is 13.8 Å². The van der Waals surface area contributed by atoms with Gasteiger partial charge in [-0.3, -0.25) is 4.79 Å². The third-order valence-corrected chi connectivity index (χ3v) is 6.75. The first-order chi connectivity index (χ1) is 15.2. The zero-order chi connectivity index (χ0) is 23.1. The molecule has 0 aliphatic rings. The molecule has 0 saturated carbocycles. The molecule has 0 atom stereocenters. The van der Waals surface area contributed by atoms with Crippen LogP contribution in [0.25, 0.3) is 0 Å². The third kappa shape index (κ3) is 6.50. The number of nitrogens with zero attached hydrogens (tertiary/aromatic N) is 2. The van der Waals surface area contributed by atoms with Gasteiger partial charge in [-0.2, -0.15) is 9.41 Å². The lowest BCUT2D eigenvalue weighted by molar-refractivity contribution is -0.121. The number of hydrogen-bond donors (Lipinski definition) is 1. The number of halogens is 1. The topological polar surface area (TPSA) is 78.8 Å². The fourth-order valence-corrected chi connectivity index (χ4v) is 4.53. The number of sulfonamides is 1. The Labute approximate surface area is 193 Å². The maximum absolute atomic E-state index is 13.3. The Balaban J connectivity index is 1.79. The van der Waals surface area contributed by atoms with E-state index in [9.17, 15) is 13.2 Å². The molecule has 0 saturated heterocycles. The lowest BCUT2D eigenvalue weighted by Crippen LogP contribution is -2.39. The van der Waals surface area contributed by atoms with Crippen molar-refractivity contribution in [1.29, 1.82) is 0 Å². The molecule has 1 amide bonds. The third-order valence-electron chi connectivity index (χ3n) is 4.69. The monoisotopic (exact) mass is 469 g/mol. The van der Waals surface area contributed by atoms with Gasteiger partial charge in [0.25, 0.3) is 5.91 Å². The van der Waals surface area contributed by atoms with E-state index in [2.05, 4.69) is 10.5 Å². The fourth-order valence-electron chi connectivity index (χ4n) is 3.02. The van der Waals surface area contributed by atoms with E-state index < -0.39 is 15.9 Å². The van der Waals surface area contributed by atoms with Gasteiger partial charge in [-0.05, 0) is 49.2 Å². The summed E-state index contributed by atoms with van der Waals surface area (Å²) in [6.45, 7) is 3.56. The average Bonchev–Trinajstić information content (AvgIpc) is 2.75. The van der Waals surface area contributed by atoms with E-state index in [1.165, 1.54) is 30.5 Å². The molecule has 32 heavy (non-hydrogen) atoms. The van der Waals surface area contributed by atoms with Crippen LogP contribution in [0.2, 0.25) is 5.02 Å². The predicted octanol–water partition coefficient (Wildman–Crippen LogP) is 4.30. The molecule has 1 N–H and O–H groups in total. The van der Waals surface area contributed by atoms with Crippen LogP contribution in [-0.2, 0) is 21.4 Å². The molecule has 0 fully saturated rings. The molecule has 3 aromatic rings. The number of carbonyl (C=O) groups is 1. The van der Waals surface area contributed by atoms with Gasteiger partial charge in [-0.1, -0.05) is 71.3 Å². The molecular weight excluding hydrogens is 446 g/mol. The average molecular weight is 470 g/mol. The van der Waals surface area contributed by atoms with Crippen LogP contribution in [0.3, 0.4) is 0 Å². The predicted molar refractivity (Wildman–Crippen MR) is 127 cm³/mol. The summed E-state index contributed by atoms with van der Waals surface area (Å²) in [6, 6.07) is 21.0. The number of carbonyl (C=O) groups excluding carboxylic acids is 1. The van der Waals surface area contributed by atoms with Gasteiger partial charge in [0.15, 0.2) is 0 Å². The number of hydrazone groups is 1. The maximum atomic E-state index is 13.3. The summed E-state index contributed by atoms with van der Waals surface area (Å²) < 4.78 is 27.6. The second kappa shape index (κ2) is 10.5. The van der Waals surface area contributed by atoms with Crippen molar-refractivity contribution in [2.24, 2.45) is 5.10 Å². The van der Waals surface area contributed by atoms with Crippen molar-refractivity contribution in [2.45, 2.75) is 25.3 Å². The molecule has 0 aliphatic carbocycles. The van der Waals surface area contributed by atoms with Gasteiger partial charge >= 0.3 is 0 Å². The zero-order valence-electron chi connectivity index (χ0n) is 17.8. The van der Waals surface area contributed by atoms with Gasteiger partial charge in [0.05, 0.1) is 17.7 Å².